The number of anilines is 2. The lowest BCUT2D eigenvalue weighted by atomic mass is 9.99. The van der Waals surface area contributed by atoms with Crippen LogP contribution in [-0.4, -0.2) is 22.3 Å². The number of thiocarbonyl (C=S) groups is 1. The van der Waals surface area contributed by atoms with Crippen molar-refractivity contribution in [2.75, 3.05) is 9.80 Å². The summed E-state index contributed by atoms with van der Waals surface area (Å²) in [5, 5.41) is 0.376. The molecule has 0 atom stereocenters. The molecule has 3 rings (SSSR count). The Labute approximate surface area is 183 Å². The largest absolute Gasteiger partial charge is 0.304 e. The third-order valence-electron chi connectivity index (χ3n) is 5.27. The lowest BCUT2D eigenvalue weighted by molar-refractivity contribution is -0.120. The van der Waals surface area contributed by atoms with Gasteiger partial charge < -0.3 is 4.90 Å². The zero-order valence-corrected chi connectivity index (χ0v) is 18.7. The Bertz CT molecular complexity index is 1060. The molecule has 1 saturated heterocycles. The molecule has 6 heteroatoms. The Morgan fingerprint density at radius 2 is 1.73 bits per heavy atom. The third-order valence-corrected chi connectivity index (χ3v) is 5.63. The zero-order chi connectivity index (χ0) is 22.2. The molecule has 0 aliphatic carbocycles. The highest BCUT2D eigenvalue weighted by Gasteiger charge is 2.50. The average Bonchev–Trinajstić information content (AvgIpc) is 2.85. The number of Topliss-reactive ketones (excluding diaryl/α,β-unsaturated/α-hetero) is 1. The monoisotopic (exact) mass is 419 g/mol. The third kappa shape index (κ3) is 3.73. The van der Waals surface area contributed by atoms with Crippen LogP contribution < -0.4 is 9.80 Å². The molecule has 0 spiro atoms. The molecule has 154 valence electrons. The first-order chi connectivity index (χ1) is 14.1. The summed E-state index contributed by atoms with van der Waals surface area (Å²) in [6.07, 6.45) is 0.499. The van der Waals surface area contributed by atoms with Crippen LogP contribution in [0.1, 0.15) is 50.0 Å². The lowest BCUT2D eigenvalue weighted by Gasteiger charge is -2.29. The van der Waals surface area contributed by atoms with E-state index < -0.39 is 5.54 Å². The molecular weight excluding hydrogens is 394 g/mol. The molecule has 5 nitrogen and oxygen atoms in total. The fourth-order valence-electron chi connectivity index (χ4n) is 3.65. The molecule has 0 unspecified atom stereocenters. The number of hydrogen-bond donors (Lipinski definition) is 0. The fourth-order valence-corrected chi connectivity index (χ4v) is 4.17. The van der Waals surface area contributed by atoms with E-state index in [-0.39, 0.29) is 11.7 Å². The molecule has 1 aliphatic heterocycles. The Hall–Kier alpha value is -3.04. The molecule has 0 saturated carbocycles. The Balaban J connectivity index is 1.95. The molecule has 0 bridgehead atoms. The normalized spacial score (nSPS) is 15.6. The highest BCUT2D eigenvalue weighted by molar-refractivity contribution is 7.81. The van der Waals surface area contributed by atoms with Gasteiger partial charge in [-0.05, 0) is 80.9 Å². The smallest absolute Gasteiger partial charge is 0.259 e. The van der Waals surface area contributed by atoms with Crippen LogP contribution in [0, 0.1) is 19.4 Å². The highest BCUT2D eigenvalue weighted by Crippen LogP contribution is 2.37. The summed E-state index contributed by atoms with van der Waals surface area (Å²) in [5.41, 5.74) is 2.53. The van der Waals surface area contributed by atoms with Gasteiger partial charge in [0.15, 0.2) is 16.6 Å². The lowest BCUT2D eigenvalue weighted by Crippen LogP contribution is -2.44. The van der Waals surface area contributed by atoms with Crippen LogP contribution in [0.2, 0.25) is 0 Å². The fraction of sp³-hybridized carbons (Fsp3) is 0.333. The maximum atomic E-state index is 13.3. The Morgan fingerprint density at radius 3 is 2.27 bits per heavy atom. The van der Waals surface area contributed by atoms with Crippen molar-refractivity contribution in [2.24, 2.45) is 5.92 Å². The second kappa shape index (κ2) is 8.00. The molecular formula is C24H25N3O2S. The van der Waals surface area contributed by atoms with Gasteiger partial charge in [0, 0.05) is 23.4 Å². The number of ketones is 1. The van der Waals surface area contributed by atoms with Crippen molar-refractivity contribution in [3.05, 3.63) is 65.0 Å². The van der Waals surface area contributed by atoms with Crippen LogP contribution in [0.25, 0.3) is 4.85 Å². The van der Waals surface area contributed by atoms with Crippen LogP contribution in [0.3, 0.4) is 0 Å². The van der Waals surface area contributed by atoms with Crippen molar-refractivity contribution < 1.29 is 9.59 Å². The van der Waals surface area contributed by atoms with Gasteiger partial charge >= 0.3 is 0 Å². The molecule has 2 aromatic carbocycles. The van der Waals surface area contributed by atoms with Gasteiger partial charge in [-0.3, -0.25) is 14.5 Å². The minimum Gasteiger partial charge on any atom is -0.304 e. The topological polar surface area (TPSA) is 45.0 Å². The van der Waals surface area contributed by atoms with Gasteiger partial charge in [-0.2, -0.15) is 0 Å². The highest BCUT2D eigenvalue weighted by atomic mass is 32.1. The molecule has 0 N–H and O–H groups in total. The summed E-state index contributed by atoms with van der Waals surface area (Å²) < 4.78 is 0. The number of benzene rings is 2. The molecule has 1 fully saturated rings. The van der Waals surface area contributed by atoms with Crippen molar-refractivity contribution in [3.63, 3.8) is 0 Å². The van der Waals surface area contributed by atoms with Crippen molar-refractivity contribution in [2.45, 2.75) is 46.6 Å². The first-order valence-electron chi connectivity index (χ1n) is 9.88. The van der Waals surface area contributed by atoms with Gasteiger partial charge in [-0.1, -0.05) is 19.9 Å². The Morgan fingerprint density at radius 1 is 1.13 bits per heavy atom. The van der Waals surface area contributed by atoms with Crippen LogP contribution in [0.15, 0.2) is 42.5 Å². The summed E-state index contributed by atoms with van der Waals surface area (Å²) in [6, 6.07) is 12.5. The minimum atomic E-state index is -0.882. The molecule has 0 radical (unpaired) electrons. The van der Waals surface area contributed by atoms with E-state index in [9.17, 15) is 9.59 Å². The van der Waals surface area contributed by atoms with Crippen LogP contribution in [-0.2, 0) is 4.79 Å². The van der Waals surface area contributed by atoms with Crippen molar-refractivity contribution in [3.8, 4) is 0 Å². The maximum absolute atomic E-state index is 13.3. The summed E-state index contributed by atoms with van der Waals surface area (Å²) in [4.78, 5) is 32.4. The summed E-state index contributed by atoms with van der Waals surface area (Å²) >= 11 is 5.70. The molecule has 30 heavy (non-hydrogen) atoms. The molecule has 1 amide bonds. The van der Waals surface area contributed by atoms with Gasteiger partial charge in [0.2, 0.25) is 0 Å². The van der Waals surface area contributed by atoms with E-state index in [2.05, 4.69) is 4.85 Å². The van der Waals surface area contributed by atoms with E-state index in [4.69, 9.17) is 18.8 Å². The number of rotatable bonds is 5. The maximum Gasteiger partial charge on any atom is 0.259 e. The van der Waals surface area contributed by atoms with E-state index in [1.807, 2.05) is 57.7 Å². The minimum absolute atomic E-state index is 0.105. The SMILES string of the molecule is [C-]#[N+]c1ccc(N2C(=O)C(C)(C)N(c3ccc(C(=O)CC(C)C)cc3)C2=S)cc1C. The first-order valence-corrected chi connectivity index (χ1v) is 10.3. The predicted molar refractivity (Wildman–Crippen MR) is 124 cm³/mol. The van der Waals surface area contributed by atoms with Crippen LogP contribution in [0.4, 0.5) is 17.1 Å². The number of nitrogens with zero attached hydrogens (tertiary/aromatic N) is 3. The van der Waals surface area contributed by atoms with E-state index in [1.54, 1.807) is 24.3 Å². The molecule has 0 aromatic heterocycles. The molecule has 2 aromatic rings. The second-order valence-corrected chi connectivity index (χ2v) is 8.83. The van der Waals surface area contributed by atoms with Crippen molar-refractivity contribution >= 4 is 46.1 Å². The van der Waals surface area contributed by atoms with Crippen LogP contribution >= 0.6 is 12.2 Å². The summed E-state index contributed by atoms with van der Waals surface area (Å²) in [7, 11) is 0. The van der Waals surface area contributed by atoms with Gasteiger partial charge in [0.1, 0.15) is 5.54 Å². The first kappa shape index (κ1) is 21.7. The van der Waals surface area contributed by atoms with Gasteiger partial charge in [-0.15, -0.1) is 0 Å². The van der Waals surface area contributed by atoms with E-state index in [0.717, 1.165) is 11.3 Å². The van der Waals surface area contributed by atoms with Crippen LogP contribution in [0.5, 0.6) is 0 Å². The second-order valence-electron chi connectivity index (χ2n) is 8.47. The number of amides is 1. The quantitative estimate of drug-likeness (QED) is 0.355. The molecule has 1 heterocycles. The standard InChI is InChI=1S/C24H25N3O2S/c1-15(2)13-21(28)17-7-9-18(10-8-17)27-23(30)26(22(29)24(27,4)5)19-11-12-20(25-6)16(3)14-19/h7-12,14-15H,13H2,1-5H3. The Kier molecular flexibility index (Phi) is 5.78. The van der Waals surface area contributed by atoms with Crippen molar-refractivity contribution in [1.29, 1.82) is 0 Å². The average molecular weight is 420 g/mol. The number of carbonyl (C=O) groups is 2. The zero-order valence-electron chi connectivity index (χ0n) is 17.9. The van der Waals surface area contributed by atoms with Crippen molar-refractivity contribution in [1.82, 2.24) is 0 Å². The molecule has 1 aliphatic rings. The number of hydrogen-bond acceptors (Lipinski definition) is 3. The van der Waals surface area contributed by atoms with E-state index >= 15 is 0 Å². The van der Waals surface area contributed by atoms with E-state index in [0.29, 0.717) is 34.4 Å². The van der Waals surface area contributed by atoms with Gasteiger partial charge in [-0.25, -0.2) is 4.85 Å². The predicted octanol–water partition coefficient (Wildman–Crippen LogP) is 5.69. The number of aryl methyl sites for hydroxylation is 1. The van der Waals surface area contributed by atoms with E-state index in [1.165, 1.54) is 4.90 Å². The summed E-state index contributed by atoms with van der Waals surface area (Å²) in [6.45, 7) is 16.8. The summed E-state index contributed by atoms with van der Waals surface area (Å²) in [5.74, 6) is 0.265. The number of carbonyl (C=O) groups excluding carboxylic acids is 2. The van der Waals surface area contributed by atoms with Gasteiger partial charge in [0.25, 0.3) is 5.91 Å². The van der Waals surface area contributed by atoms with Gasteiger partial charge in [0.05, 0.1) is 6.57 Å².